The molecule has 1 heterocycles. The number of esters is 1. The molecule has 0 radical (unpaired) electrons. The number of carbonyl (C=O) groups excluding carboxylic acids is 2. The topological polar surface area (TPSA) is 55.4 Å². The number of halogens is 2. The van der Waals surface area contributed by atoms with Gasteiger partial charge >= 0.3 is 5.97 Å². The van der Waals surface area contributed by atoms with Gasteiger partial charge in [-0.05, 0) is 65.7 Å². The Hall–Kier alpha value is -3.18. The van der Waals surface area contributed by atoms with Crippen molar-refractivity contribution in [2.75, 3.05) is 5.32 Å². The molecule has 1 amide bonds. The third-order valence-corrected chi connectivity index (χ3v) is 4.84. The van der Waals surface area contributed by atoms with Crippen molar-refractivity contribution in [1.82, 2.24) is 0 Å². The molecule has 6 heteroatoms. The van der Waals surface area contributed by atoms with Crippen LogP contribution in [0.5, 0.6) is 0 Å². The van der Waals surface area contributed by atoms with E-state index in [-0.39, 0.29) is 11.7 Å². The summed E-state index contributed by atoms with van der Waals surface area (Å²) in [6, 6.07) is 17.5. The molecule has 0 unspecified atom stereocenters. The van der Waals surface area contributed by atoms with E-state index in [9.17, 15) is 14.0 Å². The summed E-state index contributed by atoms with van der Waals surface area (Å²) in [5.74, 6) is -1.14. The van der Waals surface area contributed by atoms with Gasteiger partial charge in [0.15, 0.2) is 0 Å². The van der Waals surface area contributed by atoms with Crippen molar-refractivity contribution in [3.63, 3.8) is 0 Å². The number of amides is 1. The van der Waals surface area contributed by atoms with Crippen LogP contribution in [0.25, 0.3) is 0 Å². The summed E-state index contributed by atoms with van der Waals surface area (Å²) in [5.41, 5.74) is 2.92. The van der Waals surface area contributed by atoms with Gasteiger partial charge in [-0.3, -0.25) is 4.79 Å². The van der Waals surface area contributed by atoms with E-state index in [4.69, 9.17) is 16.3 Å². The number of fused-ring (bicyclic) bond motifs is 1. The Morgan fingerprint density at radius 2 is 1.75 bits per heavy atom. The summed E-state index contributed by atoms with van der Waals surface area (Å²) in [5, 5.41) is 3.32. The summed E-state index contributed by atoms with van der Waals surface area (Å²) < 4.78 is 18.5. The number of hydrogen-bond acceptors (Lipinski definition) is 3. The van der Waals surface area contributed by atoms with E-state index < -0.39 is 12.1 Å². The fraction of sp³-hybridized carbons (Fsp3) is 0.0909. The number of carbonyl (C=O) groups is 2. The summed E-state index contributed by atoms with van der Waals surface area (Å²) in [4.78, 5) is 24.9. The standard InChI is InChI=1S/C22H15ClFNO3/c23-16-4-1-13(2-5-16)20-12-15-11-14(3-10-19(15)22(27)28-20)21(26)25-18-8-6-17(24)7-9-18/h1-11,20H,12H2,(H,25,26)/t20-/m1/s1. The van der Waals surface area contributed by atoms with Gasteiger partial charge in [0, 0.05) is 22.7 Å². The van der Waals surface area contributed by atoms with Crippen molar-refractivity contribution < 1.29 is 18.7 Å². The zero-order chi connectivity index (χ0) is 19.7. The third-order valence-electron chi connectivity index (χ3n) is 4.59. The molecule has 1 atom stereocenters. The van der Waals surface area contributed by atoms with Gasteiger partial charge in [-0.1, -0.05) is 23.7 Å². The van der Waals surface area contributed by atoms with E-state index in [1.165, 1.54) is 24.3 Å². The van der Waals surface area contributed by atoms with Crippen molar-refractivity contribution in [3.8, 4) is 0 Å². The van der Waals surface area contributed by atoms with Crippen molar-refractivity contribution in [2.24, 2.45) is 0 Å². The second-order valence-electron chi connectivity index (χ2n) is 6.48. The van der Waals surface area contributed by atoms with Crippen LogP contribution in [-0.2, 0) is 11.2 Å². The molecule has 1 aliphatic heterocycles. The highest BCUT2D eigenvalue weighted by Crippen LogP contribution is 2.31. The average Bonchev–Trinajstić information content (AvgIpc) is 2.69. The summed E-state index contributed by atoms with van der Waals surface area (Å²) >= 11 is 5.92. The maximum Gasteiger partial charge on any atom is 0.339 e. The Bertz CT molecular complexity index is 1050. The number of anilines is 1. The predicted molar refractivity (Wildman–Crippen MR) is 104 cm³/mol. The molecule has 0 spiro atoms. The maximum absolute atomic E-state index is 13.0. The Labute approximate surface area is 165 Å². The average molecular weight is 396 g/mol. The number of nitrogens with one attached hydrogen (secondary N) is 1. The molecule has 0 fully saturated rings. The Morgan fingerprint density at radius 1 is 1.04 bits per heavy atom. The minimum absolute atomic E-state index is 0.337. The highest BCUT2D eigenvalue weighted by molar-refractivity contribution is 6.30. The highest BCUT2D eigenvalue weighted by atomic mass is 35.5. The summed E-state index contributed by atoms with van der Waals surface area (Å²) in [7, 11) is 0. The molecule has 0 bridgehead atoms. The molecule has 0 saturated heterocycles. The minimum atomic E-state index is -0.437. The van der Waals surface area contributed by atoms with Crippen molar-refractivity contribution in [2.45, 2.75) is 12.5 Å². The van der Waals surface area contributed by atoms with Gasteiger partial charge in [-0.15, -0.1) is 0 Å². The number of rotatable bonds is 3. The van der Waals surface area contributed by atoms with Crippen molar-refractivity contribution in [3.05, 3.63) is 99.8 Å². The quantitative estimate of drug-likeness (QED) is 0.621. The lowest BCUT2D eigenvalue weighted by Crippen LogP contribution is -2.23. The van der Waals surface area contributed by atoms with Crippen molar-refractivity contribution >= 4 is 29.2 Å². The SMILES string of the molecule is O=C(Nc1ccc(F)cc1)c1ccc2c(c1)C[C@H](c1ccc(Cl)cc1)OC2=O. The molecule has 4 nitrogen and oxygen atoms in total. The second-order valence-corrected chi connectivity index (χ2v) is 6.92. The fourth-order valence-electron chi connectivity index (χ4n) is 3.14. The van der Waals surface area contributed by atoms with Gasteiger partial charge < -0.3 is 10.1 Å². The van der Waals surface area contributed by atoms with E-state index in [2.05, 4.69) is 5.32 Å². The first-order valence-corrected chi connectivity index (χ1v) is 9.04. The van der Waals surface area contributed by atoms with Gasteiger partial charge in [0.1, 0.15) is 11.9 Å². The van der Waals surface area contributed by atoms with Crippen LogP contribution in [-0.4, -0.2) is 11.9 Å². The zero-order valence-corrected chi connectivity index (χ0v) is 15.4. The molecule has 4 rings (SSSR count). The van der Waals surface area contributed by atoms with Gasteiger partial charge in [0.2, 0.25) is 0 Å². The van der Waals surface area contributed by atoms with E-state index in [1.54, 1.807) is 30.3 Å². The molecule has 1 N–H and O–H groups in total. The van der Waals surface area contributed by atoms with Gasteiger partial charge in [-0.2, -0.15) is 0 Å². The van der Waals surface area contributed by atoms with Crippen LogP contribution >= 0.6 is 11.6 Å². The Balaban J connectivity index is 1.57. The molecular formula is C22H15ClFNO3. The van der Waals surface area contributed by atoms with Crippen LogP contribution in [0.1, 0.15) is 37.9 Å². The fourth-order valence-corrected chi connectivity index (χ4v) is 3.26. The van der Waals surface area contributed by atoms with Crippen molar-refractivity contribution in [1.29, 1.82) is 0 Å². The minimum Gasteiger partial charge on any atom is -0.454 e. The first-order valence-electron chi connectivity index (χ1n) is 8.66. The van der Waals surface area contributed by atoms with Gasteiger partial charge in [0.05, 0.1) is 5.56 Å². The molecule has 1 aliphatic rings. The zero-order valence-electron chi connectivity index (χ0n) is 14.6. The Kier molecular flexibility index (Phi) is 4.84. The lowest BCUT2D eigenvalue weighted by molar-refractivity contribution is 0.0252. The van der Waals surface area contributed by atoms with E-state index >= 15 is 0 Å². The number of benzene rings is 3. The van der Waals surface area contributed by atoms with Crippen LogP contribution in [0.2, 0.25) is 5.02 Å². The Morgan fingerprint density at radius 3 is 2.46 bits per heavy atom. The monoisotopic (exact) mass is 395 g/mol. The molecule has 0 aliphatic carbocycles. The first kappa shape index (κ1) is 18.2. The molecule has 0 aromatic heterocycles. The van der Waals surface area contributed by atoms with Crippen LogP contribution in [0.4, 0.5) is 10.1 Å². The lowest BCUT2D eigenvalue weighted by atomic mass is 9.93. The first-order chi connectivity index (χ1) is 13.5. The third kappa shape index (κ3) is 3.75. The molecule has 3 aromatic rings. The number of cyclic esters (lactones) is 1. The van der Waals surface area contributed by atoms with Crippen LogP contribution < -0.4 is 5.32 Å². The van der Waals surface area contributed by atoms with Crippen LogP contribution in [0.3, 0.4) is 0 Å². The van der Waals surface area contributed by atoms with Gasteiger partial charge in [-0.25, -0.2) is 9.18 Å². The maximum atomic E-state index is 13.0. The molecule has 3 aromatic carbocycles. The van der Waals surface area contributed by atoms with Gasteiger partial charge in [0.25, 0.3) is 5.91 Å². The number of hydrogen-bond donors (Lipinski definition) is 1. The summed E-state index contributed by atoms with van der Waals surface area (Å²) in [6.07, 6.45) is 0.0214. The highest BCUT2D eigenvalue weighted by Gasteiger charge is 2.28. The largest absolute Gasteiger partial charge is 0.454 e. The molecule has 0 saturated carbocycles. The number of ether oxygens (including phenoxy) is 1. The summed E-state index contributed by atoms with van der Waals surface area (Å²) in [6.45, 7) is 0. The van der Waals surface area contributed by atoms with E-state index in [0.29, 0.717) is 28.3 Å². The smallest absolute Gasteiger partial charge is 0.339 e. The van der Waals surface area contributed by atoms with Crippen LogP contribution in [0.15, 0.2) is 66.7 Å². The molecule has 28 heavy (non-hydrogen) atoms. The predicted octanol–water partition coefficient (Wildman–Crippen LogP) is 5.19. The van der Waals surface area contributed by atoms with E-state index in [1.807, 2.05) is 12.1 Å². The lowest BCUT2D eigenvalue weighted by Gasteiger charge is -2.25. The second kappa shape index (κ2) is 7.44. The molecule has 140 valence electrons. The normalized spacial score (nSPS) is 15.5. The van der Waals surface area contributed by atoms with Crippen LogP contribution in [0, 0.1) is 5.82 Å². The van der Waals surface area contributed by atoms with E-state index in [0.717, 1.165) is 11.1 Å². The molecular weight excluding hydrogens is 381 g/mol.